The third-order valence-electron chi connectivity index (χ3n) is 4.00. The molecule has 0 radical (unpaired) electrons. The molecular weight excluding hydrogens is 320 g/mol. The zero-order valence-corrected chi connectivity index (χ0v) is 14.3. The summed E-state index contributed by atoms with van der Waals surface area (Å²) in [7, 11) is 0. The van der Waals surface area contributed by atoms with E-state index >= 15 is 0 Å². The van der Waals surface area contributed by atoms with E-state index in [1.54, 1.807) is 6.08 Å². The minimum Gasteiger partial charge on any atom is -0.494 e. The Hall–Kier alpha value is -2.81. The van der Waals surface area contributed by atoms with Crippen LogP contribution in [0.2, 0.25) is 0 Å². The van der Waals surface area contributed by atoms with Crippen LogP contribution in [-0.2, 0) is 14.3 Å². The topological polar surface area (TPSA) is 88.4 Å². The fourth-order valence-corrected chi connectivity index (χ4v) is 2.74. The van der Waals surface area contributed by atoms with Gasteiger partial charge >= 0.3 is 5.97 Å². The highest BCUT2D eigenvalue weighted by Gasteiger charge is 2.35. The number of carbonyl (C=O) groups is 2. The van der Waals surface area contributed by atoms with E-state index in [-0.39, 0.29) is 0 Å². The van der Waals surface area contributed by atoms with Crippen LogP contribution in [0.25, 0.3) is 6.08 Å². The summed E-state index contributed by atoms with van der Waals surface area (Å²) in [6.45, 7) is 2.11. The van der Waals surface area contributed by atoms with E-state index in [4.69, 9.17) is 9.47 Å². The number of ether oxygens (including phenoxy) is 2. The summed E-state index contributed by atoms with van der Waals surface area (Å²) in [5.74, 6) is -0.301. The Bertz CT molecular complexity index is 668. The largest absolute Gasteiger partial charge is 0.494 e. The molecule has 0 spiro atoms. The lowest BCUT2D eigenvalue weighted by Gasteiger charge is -2.21. The summed E-state index contributed by atoms with van der Waals surface area (Å²) < 4.78 is 10.3. The molecule has 0 saturated heterocycles. The Balaban J connectivity index is 1.78. The quantitative estimate of drug-likeness (QED) is 0.608. The maximum Gasteiger partial charge on any atom is 0.331 e. The monoisotopic (exact) mass is 342 g/mol. The first kappa shape index (κ1) is 18.5. The molecular formula is C19H22N2O4. The number of carbonyl (C=O) groups excluding carboxylic acids is 2. The minimum atomic E-state index is -0.804. The molecule has 0 bridgehead atoms. The first-order valence-electron chi connectivity index (χ1n) is 8.37. The van der Waals surface area contributed by atoms with E-state index in [1.807, 2.05) is 31.2 Å². The zero-order valence-electron chi connectivity index (χ0n) is 14.3. The minimum absolute atomic E-state index is 0.393. The standard InChI is InChI=1S/C19H22N2O4/c1-2-24-16-8-5-15(6-9-16)7-10-18(23)25-13-17(22)21-19(14-20)11-3-4-12-19/h5-10H,2-4,11-13H2,1H3,(H,21,22)/b10-7+. The van der Waals surface area contributed by atoms with Crippen LogP contribution < -0.4 is 10.1 Å². The van der Waals surface area contributed by atoms with Crippen molar-refractivity contribution in [2.75, 3.05) is 13.2 Å². The Kier molecular flexibility index (Phi) is 6.58. The van der Waals surface area contributed by atoms with Gasteiger partial charge in [-0.25, -0.2) is 4.79 Å². The fourth-order valence-electron chi connectivity index (χ4n) is 2.74. The van der Waals surface area contributed by atoms with Crippen molar-refractivity contribution >= 4 is 18.0 Å². The summed E-state index contributed by atoms with van der Waals surface area (Å²) >= 11 is 0. The van der Waals surface area contributed by atoms with Gasteiger partial charge in [0.25, 0.3) is 5.91 Å². The van der Waals surface area contributed by atoms with Crippen molar-refractivity contribution in [3.8, 4) is 11.8 Å². The molecule has 0 heterocycles. The number of hydrogen-bond acceptors (Lipinski definition) is 5. The molecule has 0 aromatic heterocycles. The van der Waals surface area contributed by atoms with Crippen LogP contribution in [0.1, 0.15) is 38.2 Å². The number of nitrogens with zero attached hydrogens (tertiary/aromatic N) is 1. The second kappa shape index (κ2) is 8.88. The third kappa shape index (κ3) is 5.64. The summed E-state index contributed by atoms with van der Waals surface area (Å²) in [6.07, 6.45) is 5.97. The van der Waals surface area contributed by atoms with Crippen molar-refractivity contribution in [3.05, 3.63) is 35.9 Å². The van der Waals surface area contributed by atoms with Crippen LogP contribution in [-0.4, -0.2) is 30.6 Å². The highest BCUT2D eigenvalue weighted by Crippen LogP contribution is 2.28. The maximum absolute atomic E-state index is 11.9. The molecule has 1 N–H and O–H groups in total. The van der Waals surface area contributed by atoms with E-state index < -0.39 is 24.0 Å². The van der Waals surface area contributed by atoms with Gasteiger partial charge in [0.15, 0.2) is 6.61 Å². The SMILES string of the molecule is CCOc1ccc(/C=C/C(=O)OCC(=O)NC2(C#N)CCCC2)cc1. The van der Waals surface area contributed by atoms with Crippen molar-refractivity contribution in [3.63, 3.8) is 0 Å². The van der Waals surface area contributed by atoms with Crippen molar-refractivity contribution in [1.82, 2.24) is 5.32 Å². The molecule has 0 atom stereocenters. The van der Waals surface area contributed by atoms with Gasteiger partial charge in [0.1, 0.15) is 11.3 Å². The van der Waals surface area contributed by atoms with Gasteiger partial charge in [0.2, 0.25) is 0 Å². The van der Waals surface area contributed by atoms with E-state index in [9.17, 15) is 14.9 Å². The van der Waals surface area contributed by atoms with Gasteiger partial charge < -0.3 is 14.8 Å². The number of rotatable bonds is 7. The number of nitriles is 1. The number of nitrogens with one attached hydrogen (secondary N) is 1. The summed E-state index contributed by atoms with van der Waals surface area (Å²) in [5, 5.41) is 11.9. The lowest BCUT2D eigenvalue weighted by molar-refractivity contribution is -0.144. The van der Waals surface area contributed by atoms with Gasteiger partial charge in [-0.2, -0.15) is 5.26 Å². The molecule has 6 nitrogen and oxygen atoms in total. The molecule has 1 amide bonds. The van der Waals surface area contributed by atoms with Gasteiger partial charge in [-0.15, -0.1) is 0 Å². The van der Waals surface area contributed by atoms with E-state index in [0.717, 1.165) is 24.2 Å². The van der Waals surface area contributed by atoms with E-state index in [0.29, 0.717) is 19.4 Å². The van der Waals surface area contributed by atoms with Crippen LogP contribution in [0, 0.1) is 11.3 Å². The second-order valence-electron chi connectivity index (χ2n) is 5.89. The van der Waals surface area contributed by atoms with Crippen LogP contribution in [0.5, 0.6) is 5.75 Å². The fraction of sp³-hybridized carbons (Fsp3) is 0.421. The highest BCUT2D eigenvalue weighted by atomic mass is 16.5. The molecule has 0 unspecified atom stereocenters. The number of hydrogen-bond donors (Lipinski definition) is 1. The summed E-state index contributed by atoms with van der Waals surface area (Å²) in [6, 6.07) is 9.42. The molecule has 1 aromatic rings. The van der Waals surface area contributed by atoms with Crippen molar-refractivity contribution in [2.24, 2.45) is 0 Å². The van der Waals surface area contributed by atoms with Crippen LogP contribution in [0.4, 0.5) is 0 Å². The molecule has 1 fully saturated rings. The van der Waals surface area contributed by atoms with Gasteiger partial charge in [-0.1, -0.05) is 12.1 Å². The highest BCUT2D eigenvalue weighted by molar-refractivity contribution is 5.89. The molecule has 25 heavy (non-hydrogen) atoms. The van der Waals surface area contributed by atoms with Crippen LogP contribution in [0.15, 0.2) is 30.3 Å². The lowest BCUT2D eigenvalue weighted by atomic mass is 10.00. The molecule has 1 saturated carbocycles. The summed E-state index contributed by atoms with van der Waals surface area (Å²) in [5.41, 5.74) is 0.0148. The Morgan fingerprint density at radius 1 is 1.28 bits per heavy atom. The molecule has 1 aliphatic rings. The van der Waals surface area contributed by atoms with Gasteiger partial charge in [-0.3, -0.25) is 4.79 Å². The maximum atomic E-state index is 11.9. The van der Waals surface area contributed by atoms with Crippen molar-refractivity contribution < 1.29 is 19.1 Å². The first-order valence-corrected chi connectivity index (χ1v) is 8.37. The van der Waals surface area contributed by atoms with Gasteiger partial charge in [-0.05, 0) is 56.4 Å². The molecule has 132 valence electrons. The molecule has 1 aliphatic carbocycles. The summed E-state index contributed by atoms with van der Waals surface area (Å²) in [4.78, 5) is 23.6. The second-order valence-corrected chi connectivity index (χ2v) is 5.89. The normalized spacial score (nSPS) is 15.5. The molecule has 6 heteroatoms. The van der Waals surface area contributed by atoms with Crippen LogP contribution >= 0.6 is 0 Å². The van der Waals surface area contributed by atoms with Gasteiger partial charge in [0.05, 0.1) is 12.7 Å². The average Bonchev–Trinajstić information content (AvgIpc) is 3.08. The number of amides is 1. The molecule has 0 aliphatic heterocycles. The van der Waals surface area contributed by atoms with E-state index in [2.05, 4.69) is 11.4 Å². The number of esters is 1. The predicted molar refractivity (Wildman–Crippen MR) is 92.6 cm³/mol. The average molecular weight is 342 g/mol. The van der Waals surface area contributed by atoms with Crippen molar-refractivity contribution in [1.29, 1.82) is 5.26 Å². The zero-order chi connectivity index (χ0) is 18.1. The van der Waals surface area contributed by atoms with Crippen LogP contribution in [0.3, 0.4) is 0 Å². The first-order chi connectivity index (χ1) is 12.1. The smallest absolute Gasteiger partial charge is 0.331 e. The third-order valence-corrected chi connectivity index (χ3v) is 4.00. The van der Waals surface area contributed by atoms with Crippen molar-refractivity contribution in [2.45, 2.75) is 38.1 Å². The number of benzene rings is 1. The lowest BCUT2D eigenvalue weighted by Crippen LogP contribution is -2.46. The Labute approximate surface area is 147 Å². The van der Waals surface area contributed by atoms with Gasteiger partial charge in [0, 0.05) is 6.08 Å². The Morgan fingerprint density at radius 2 is 1.96 bits per heavy atom. The Morgan fingerprint density at radius 3 is 2.56 bits per heavy atom. The molecule has 2 rings (SSSR count). The molecule has 1 aromatic carbocycles. The van der Waals surface area contributed by atoms with E-state index in [1.165, 1.54) is 6.08 Å². The predicted octanol–water partition coefficient (Wildman–Crippen LogP) is 2.59.